The largest absolute Gasteiger partial charge is 0.383 e. The van der Waals surface area contributed by atoms with Gasteiger partial charge in [-0.25, -0.2) is 4.98 Å². The third-order valence-corrected chi connectivity index (χ3v) is 5.30. The van der Waals surface area contributed by atoms with E-state index < -0.39 is 0 Å². The van der Waals surface area contributed by atoms with Crippen LogP contribution < -0.4 is 10.6 Å². The van der Waals surface area contributed by atoms with E-state index in [1.54, 1.807) is 29.3 Å². The van der Waals surface area contributed by atoms with Gasteiger partial charge >= 0.3 is 0 Å². The van der Waals surface area contributed by atoms with Gasteiger partial charge < -0.3 is 15.4 Å². The smallest absolute Gasteiger partial charge is 0.271 e. The summed E-state index contributed by atoms with van der Waals surface area (Å²) in [6, 6.07) is 8.96. The minimum atomic E-state index is -0.232. The number of carbonyl (C=O) groups is 1. The van der Waals surface area contributed by atoms with Crippen molar-refractivity contribution in [2.45, 2.75) is 19.5 Å². The van der Waals surface area contributed by atoms with Crippen LogP contribution in [0.25, 0.3) is 11.3 Å². The predicted octanol–water partition coefficient (Wildman–Crippen LogP) is 3.41. The monoisotopic (exact) mass is 444 g/mol. The number of rotatable bonds is 9. The fraction of sp³-hybridized carbons (Fsp3) is 0.300. The molecule has 0 fully saturated rings. The molecule has 30 heavy (non-hydrogen) atoms. The van der Waals surface area contributed by atoms with E-state index in [2.05, 4.69) is 20.7 Å². The van der Waals surface area contributed by atoms with Crippen LogP contribution in [0.5, 0.6) is 0 Å². The van der Waals surface area contributed by atoms with Crippen molar-refractivity contribution < 1.29 is 9.53 Å². The first-order valence-electron chi connectivity index (χ1n) is 9.23. The van der Waals surface area contributed by atoms with Crippen LogP contribution in [-0.4, -0.2) is 47.0 Å². The molecular formula is C20H21ClN6O2S. The molecule has 0 bridgehead atoms. The van der Waals surface area contributed by atoms with E-state index in [0.717, 1.165) is 11.3 Å². The van der Waals surface area contributed by atoms with Gasteiger partial charge in [0.2, 0.25) is 0 Å². The second-order valence-electron chi connectivity index (χ2n) is 6.56. The number of hydrogen-bond donors (Lipinski definition) is 2. The van der Waals surface area contributed by atoms with Crippen molar-refractivity contribution in [2.24, 2.45) is 0 Å². The number of thiazole rings is 1. The maximum absolute atomic E-state index is 12.4. The maximum Gasteiger partial charge on any atom is 0.271 e. The highest BCUT2D eigenvalue weighted by atomic mass is 35.5. The van der Waals surface area contributed by atoms with Gasteiger partial charge in [0.25, 0.3) is 5.91 Å². The van der Waals surface area contributed by atoms with Gasteiger partial charge in [-0.2, -0.15) is 10.4 Å². The fourth-order valence-electron chi connectivity index (χ4n) is 2.73. The molecule has 2 heterocycles. The Morgan fingerprint density at radius 1 is 1.43 bits per heavy atom. The molecule has 1 aromatic carbocycles. The van der Waals surface area contributed by atoms with Crippen LogP contribution in [0.4, 0.5) is 5.13 Å². The fourth-order valence-corrected chi connectivity index (χ4v) is 3.67. The van der Waals surface area contributed by atoms with E-state index >= 15 is 0 Å². The molecule has 0 aliphatic rings. The first-order chi connectivity index (χ1) is 14.5. The summed E-state index contributed by atoms with van der Waals surface area (Å²) in [7, 11) is 1.63. The number of amides is 1. The van der Waals surface area contributed by atoms with Crippen molar-refractivity contribution >= 4 is 34.0 Å². The van der Waals surface area contributed by atoms with Gasteiger partial charge in [0.05, 0.1) is 29.4 Å². The lowest BCUT2D eigenvalue weighted by Crippen LogP contribution is -2.36. The van der Waals surface area contributed by atoms with Gasteiger partial charge in [-0.1, -0.05) is 17.7 Å². The first-order valence-corrected chi connectivity index (χ1v) is 10.5. The Labute approximate surface area is 183 Å². The maximum atomic E-state index is 12.4. The normalized spacial score (nSPS) is 11.7. The van der Waals surface area contributed by atoms with Crippen LogP contribution in [0.1, 0.15) is 23.0 Å². The number of ether oxygens (including phenoxy) is 1. The summed E-state index contributed by atoms with van der Waals surface area (Å²) in [6.45, 7) is 3.60. The summed E-state index contributed by atoms with van der Waals surface area (Å²) in [5.41, 5.74) is 2.37. The van der Waals surface area contributed by atoms with Crippen molar-refractivity contribution in [1.82, 2.24) is 20.1 Å². The standard InChI is InChI=1S/C20H21ClN6O2S/c1-13(24-19(28)18-12-30-20(25-18)23-6-8-29-2)11-27-7-5-17(26-27)14-3-4-15(10-22)16(21)9-14/h3-5,7,9,12-13H,6,8,11H2,1-2H3,(H,23,25)(H,24,28)/t13-/m0/s1. The summed E-state index contributed by atoms with van der Waals surface area (Å²) in [6.07, 6.45) is 1.84. The number of nitrogens with zero attached hydrogens (tertiary/aromatic N) is 4. The Balaban J connectivity index is 1.56. The Morgan fingerprint density at radius 3 is 3.00 bits per heavy atom. The topological polar surface area (TPSA) is 105 Å². The number of aromatic nitrogens is 3. The molecular weight excluding hydrogens is 424 g/mol. The average Bonchev–Trinajstić information content (AvgIpc) is 3.38. The molecule has 3 rings (SSSR count). The number of halogens is 1. The number of anilines is 1. The van der Waals surface area contributed by atoms with Gasteiger partial charge in [0.15, 0.2) is 5.13 Å². The van der Waals surface area contributed by atoms with Crippen molar-refractivity contribution in [3.05, 3.63) is 52.1 Å². The molecule has 156 valence electrons. The number of benzene rings is 1. The Bertz CT molecular complexity index is 1060. The third kappa shape index (κ3) is 5.57. The molecule has 0 radical (unpaired) electrons. The van der Waals surface area contributed by atoms with Crippen molar-refractivity contribution in [2.75, 3.05) is 25.6 Å². The van der Waals surface area contributed by atoms with E-state index in [9.17, 15) is 4.79 Å². The summed E-state index contributed by atoms with van der Waals surface area (Å²) < 4.78 is 6.74. The second kappa shape index (κ2) is 10.2. The lowest BCUT2D eigenvalue weighted by molar-refractivity contribution is 0.0932. The summed E-state index contributed by atoms with van der Waals surface area (Å²) in [4.78, 5) is 16.7. The van der Waals surface area contributed by atoms with Crippen LogP contribution in [-0.2, 0) is 11.3 Å². The molecule has 3 aromatic rings. The van der Waals surface area contributed by atoms with Gasteiger partial charge in [-0.3, -0.25) is 9.48 Å². The zero-order valence-electron chi connectivity index (χ0n) is 16.6. The average molecular weight is 445 g/mol. The minimum absolute atomic E-state index is 0.151. The van der Waals surface area contributed by atoms with E-state index in [1.165, 1.54) is 11.3 Å². The number of methoxy groups -OCH3 is 1. The molecule has 0 unspecified atom stereocenters. The SMILES string of the molecule is COCCNc1nc(C(=O)N[C@@H](C)Cn2ccc(-c3ccc(C#N)c(Cl)c3)n2)cs1. The highest BCUT2D eigenvalue weighted by Crippen LogP contribution is 2.24. The summed E-state index contributed by atoms with van der Waals surface area (Å²) in [5, 5.41) is 22.4. The third-order valence-electron chi connectivity index (χ3n) is 4.18. The predicted molar refractivity (Wildman–Crippen MR) is 117 cm³/mol. The number of nitriles is 1. The van der Waals surface area contributed by atoms with Crippen LogP contribution in [0, 0.1) is 11.3 Å². The van der Waals surface area contributed by atoms with Gasteiger partial charge in [-0.15, -0.1) is 11.3 Å². The quantitative estimate of drug-likeness (QED) is 0.490. The molecule has 8 nitrogen and oxygen atoms in total. The van der Waals surface area contributed by atoms with E-state index in [0.29, 0.717) is 41.1 Å². The molecule has 2 aromatic heterocycles. The lowest BCUT2D eigenvalue weighted by atomic mass is 10.1. The summed E-state index contributed by atoms with van der Waals surface area (Å²) in [5.74, 6) is -0.232. The molecule has 10 heteroatoms. The molecule has 0 aliphatic heterocycles. The van der Waals surface area contributed by atoms with Crippen LogP contribution in [0.3, 0.4) is 0 Å². The van der Waals surface area contributed by atoms with Crippen molar-refractivity contribution in [3.8, 4) is 17.3 Å². The Kier molecular flexibility index (Phi) is 7.41. The van der Waals surface area contributed by atoms with Crippen molar-refractivity contribution in [3.63, 3.8) is 0 Å². The molecule has 0 saturated heterocycles. The van der Waals surface area contributed by atoms with Crippen molar-refractivity contribution in [1.29, 1.82) is 5.26 Å². The minimum Gasteiger partial charge on any atom is -0.383 e. The van der Waals surface area contributed by atoms with Gasteiger partial charge in [0, 0.05) is 36.8 Å². The van der Waals surface area contributed by atoms with Crippen LogP contribution in [0.2, 0.25) is 5.02 Å². The Morgan fingerprint density at radius 2 is 2.27 bits per heavy atom. The van der Waals surface area contributed by atoms with Crippen LogP contribution in [0.15, 0.2) is 35.8 Å². The number of hydrogen-bond acceptors (Lipinski definition) is 7. The molecule has 0 spiro atoms. The number of carbonyl (C=O) groups excluding carboxylic acids is 1. The van der Waals surface area contributed by atoms with Gasteiger partial charge in [-0.05, 0) is 25.1 Å². The first kappa shape index (κ1) is 21.8. The molecule has 2 N–H and O–H groups in total. The highest BCUT2D eigenvalue weighted by Gasteiger charge is 2.15. The zero-order valence-corrected chi connectivity index (χ0v) is 18.1. The van der Waals surface area contributed by atoms with Crippen LogP contribution >= 0.6 is 22.9 Å². The highest BCUT2D eigenvalue weighted by molar-refractivity contribution is 7.13. The van der Waals surface area contributed by atoms with E-state index in [1.807, 2.05) is 31.3 Å². The molecule has 0 saturated carbocycles. The van der Waals surface area contributed by atoms with Gasteiger partial charge in [0.1, 0.15) is 11.8 Å². The zero-order chi connectivity index (χ0) is 21.5. The van der Waals surface area contributed by atoms with E-state index in [4.69, 9.17) is 21.6 Å². The number of nitrogens with one attached hydrogen (secondary N) is 2. The molecule has 1 amide bonds. The summed E-state index contributed by atoms with van der Waals surface area (Å²) >= 11 is 7.48. The lowest BCUT2D eigenvalue weighted by Gasteiger charge is -2.13. The van der Waals surface area contributed by atoms with E-state index in [-0.39, 0.29) is 11.9 Å². The molecule has 1 atom stereocenters. The Hall–Kier alpha value is -2.93. The second-order valence-corrected chi connectivity index (χ2v) is 7.83. The molecule has 0 aliphatic carbocycles.